The third-order valence-electron chi connectivity index (χ3n) is 13.3. The van der Waals surface area contributed by atoms with E-state index < -0.39 is 5.41 Å². The van der Waals surface area contributed by atoms with Crippen LogP contribution in [0.1, 0.15) is 120 Å². The number of carbonyl (C=O) groups excluding carboxylic acids is 2. The zero-order valence-electron chi connectivity index (χ0n) is 25.4. The SMILES string of the molecule is CC(C)OC(=O)[C@@]1(C)CC[C@]2(C)CC[C@]3(C)C(=CC(=O)C4[C@@]5(C)CC/C(=N/O)C(C)(C)C5CC[C@]43C)C2C1. The fourth-order valence-electron chi connectivity index (χ4n) is 10.7. The number of hydrogen-bond acceptors (Lipinski definition) is 5. The molecule has 4 fully saturated rings. The van der Waals surface area contributed by atoms with Gasteiger partial charge in [-0.25, -0.2) is 0 Å². The lowest BCUT2D eigenvalue weighted by Crippen LogP contribution is -2.66. The molecule has 0 aromatic heterocycles. The molecule has 5 heteroatoms. The molecule has 5 rings (SSSR count). The third kappa shape index (κ3) is 3.51. The summed E-state index contributed by atoms with van der Waals surface area (Å²) < 4.78 is 5.75. The van der Waals surface area contributed by atoms with E-state index in [1.807, 2.05) is 13.8 Å². The fraction of sp³-hybridized carbons (Fsp3) is 0.848. The Morgan fingerprint density at radius 2 is 1.66 bits per heavy atom. The smallest absolute Gasteiger partial charge is 0.312 e. The van der Waals surface area contributed by atoms with E-state index in [0.29, 0.717) is 11.7 Å². The summed E-state index contributed by atoms with van der Waals surface area (Å²) >= 11 is 0. The van der Waals surface area contributed by atoms with E-state index in [-0.39, 0.29) is 51.0 Å². The Balaban J connectivity index is 1.58. The quantitative estimate of drug-likeness (QED) is 0.227. The van der Waals surface area contributed by atoms with Gasteiger partial charge < -0.3 is 9.94 Å². The summed E-state index contributed by atoms with van der Waals surface area (Å²) in [6.07, 6.45) is 10.5. The highest BCUT2D eigenvalue weighted by Crippen LogP contribution is 2.75. The highest BCUT2D eigenvalue weighted by molar-refractivity contribution is 5.97. The van der Waals surface area contributed by atoms with Gasteiger partial charge in [0.15, 0.2) is 5.78 Å². The van der Waals surface area contributed by atoms with Gasteiger partial charge in [0.25, 0.3) is 0 Å². The Labute approximate surface area is 230 Å². The third-order valence-corrected chi connectivity index (χ3v) is 13.3. The Morgan fingerprint density at radius 3 is 2.29 bits per heavy atom. The van der Waals surface area contributed by atoms with Gasteiger partial charge in [-0.1, -0.05) is 52.3 Å². The number of ether oxygens (including phenoxy) is 1. The summed E-state index contributed by atoms with van der Waals surface area (Å²) in [6, 6.07) is 0. The number of oxime groups is 1. The zero-order chi connectivity index (χ0) is 28.1. The van der Waals surface area contributed by atoms with Crippen molar-refractivity contribution in [2.24, 2.45) is 55.4 Å². The van der Waals surface area contributed by atoms with Gasteiger partial charge in [0.05, 0.1) is 17.2 Å². The van der Waals surface area contributed by atoms with E-state index in [1.54, 1.807) is 0 Å². The minimum absolute atomic E-state index is 0.0349. The molecule has 5 nitrogen and oxygen atoms in total. The van der Waals surface area contributed by atoms with Gasteiger partial charge in [0, 0.05) is 11.3 Å². The lowest BCUT2D eigenvalue weighted by Gasteiger charge is -2.70. The Bertz CT molecular complexity index is 1100. The molecule has 212 valence electrons. The predicted molar refractivity (Wildman–Crippen MR) is 150 cm³/mol. The molecular formula is C33H51NO4. The summed E-state index contributed by atoms with van der Waals surface area (Å²) in [7, 11) is 0. The van der Waals surface area contributed by atoms with Gasteiger partial charge in [0.2, 0.25) is 0 Å². The highest BCUT2D eigenvalue weighted by atomic mass is 16.5. The summed E-state index contributed by atoms with van der Waals surface area (Å²) in [5.74, 6) is 0.726. The number of nitrogens with zero attached hydrogens (tertiary/aromatic N) is 1. The van der Waals surface area contributed by atoms with Crippen molar-refractivity contribution in [2.75, 3.05) is 0 Å². The van der Waals surface area contributed by atoms with E-state index in [9.17, 15) is 14.8 Å². The number of rotatable bonds is 2. The van der Waals surface area contributed by atoms with Crippen LogP contribution in [-0.4, -0.2) is 28.8 Å². The van der Waals surface area contributed by atoms with Crippen LogP contribution in [0.25, 0.3) is 0 Å². The summed E-state index contributed by atoms with van der Waals surface area (Å²) in [5.41, 5.74) is 1.27. The average molecular weight is 526 g/mol. The van der Waals surface area contributed by atoms with Crippen LogP contribution in [-0.2, 0) is 14.3 Å². The molecule has 0 saturated heterocycles. The molecule has 4 saturated carbocycles. The first-order valence-corrected chi connectivity index (χ1v) is 15.2. The molecule has 8 atom stereocenters. The van der Waals surface area contributed by atoms with Crippen LogP contribution >= 0.6 is 0 Å². The van der Waals surface area contributed by atoms with Crippen molar-refractivity contribution in [3.05, 3.63) is 11.6 Å². The minimum Gasteiger partial charge on any atom is -0.463 e. The largest absolute Gasteiger partial charge is 0.463 e. The minimum atomic E-state index is -0.509. The second-order valence-corrected chi connectivity index (χ2v) is 16.0. The van der Waals surface area contributed by atoms with E-state index in [0.717, 1.165) is 63.5 Å². The molecule has 3 unspecified atom stereocenters. The molecular weight excluding hydrogens is 474 g/mol. The molecule has 38 heavy (non-hydrogen) atoms. The van der Waals surface area contributed by atoms with E-state index in [1.165, 1.54) is 5.57 Å². The molecule has 1 N–H and O–H groups in total. The molecule has 5 aliphatic rings. The number of esters is 1. The summed E-state index contributed by atoms with van der Waals surface area (Å²) in [6.45, 7) is 20.0. The van der Waals surface area contributed by atoms with Gasteiger partial charge in [-0.15, -0.1) is 0 Å². The van der Waals surface area contributed by atoms with Crippen molar-refractivity contribution in [1.29, 1.82) is 0 Å². The molecule has 0 amide bonds. The highest BCUT2D eigenvalue weighted by Gasteiger charge is 2.70. The monoisotopic (exact) mass is 525 g/mol. The number of carbonyl (C=O) groups is 2. The molecule has 5 aliphatic carbocycles. The first-order chi connectivity index (χ1) is 17.5. The maximum atomic E-state index is 14.4. The first kappa shape index (κ1) is 27.9. The number of fused-ring (bicyclic) bond motifs is 7. The summed E-state index contributed by atoms with van der Waals surface area (Å²) in [5, 5.41) is 13.5. The van der Waals surface area contributed by atoms with Crippen molar-refractivity contribution in [1.82, 2.24) is 0 Å². The van der Waals surface area contributed by atoms with Crippen LogP contribution in [0.3, 0.4) is 0 Å². The van der Waals surface area contributed by atoms with Crippen LogP contribution in [0.4, 0.5) is 0 Å². The maximum Gasteiger partial charge on any atom is 0.312 e. The molecule has 0 aromatic carbocycles. The molecule has 0 radical (unpaired) electrons. The number of ketones is 1. The Kier molecular flexibility index (Phi) is 6.19. The molecule has 0 spiro atoms. The fourth-order valence-corrected chi connectivity index (χ4v) is 10.7. The van der Waals surface area contributed by atoms with Crippen molar-refractivity contribution >= 4 is 17.5 Å². The predicted octanol–water partition coefficient (Wildman–Crippen LogP) is 7.75. The van der Waals surface area contributed by atoms with E-state index in [2.05, 4.69) is 59.7 Å². The Morgan fingerprint density at radius 1 is 1.00 bits per heavy atom. The first-order valence-electron chi connectivity index (χ1n) is 15.2. The second kappa shape index (κ2) is 8.43. The van der Waals surface area contributed by atoms with Gasteiger partial charge in [0.1, 0.15) is 0 Å². The normalized spacial score (nSPS) is 48.9. The van der Waals surface area contributed by atoms with Crippen LogP contribution < -0.4 is 0 Å². The molecule has 0 aliphatic heterocycles. The topological polar surface area (TPSA) is 76.0 Å². The van der Waals surface area contributed by atoms with Gasteiger partial charge in [-0.3, -0.25) is 9.59 Å². The number of allylic oxidation sites excluding steroid dienone is 2. The van der Waals surface area contributed by atoms with Crippen LogP contribution in [0, 0.1) is 50.2 Å². The molecule has 0 heterocycles. The Hall–Kier alpha value is -1.65. The maximum absolute atomic E-state index is 14.4. The van der Waals surface area contributed by atoms with Crippen molar-refractivity contribution in [2.45, 2.75) is 126 Å². The lowest BCUT2D eigenvalue weighted by atomic mass is 9.33. The van der Waals surface area contributed by atoms with Gasteiger partial charge in [-0.05, 0) is 118 Å². The average Bonchev–Trinajstić information content (AvgIpc) is 2.80. The van der Waals surface area contributed by atoms with Crippen molar-refractivity contribution < 1.29 is 19.5 Å². The number of hydrogen-bond donors (Lipinski definition) is 1. The van der Waals surface area contributed by atoms with E-state index in [4.69, 9.17) is 4.74 Å². The molecule has 0 bridgehead atoms. The zero-order valence-corrected chi connectivity index (χ0v) is 25.4. The van der Waals surface area contributed by atoms with Crippen LogP contribution in [0.2, 0.25) is 0 Å². The van der Waals surface area contributed by atoms with Crippen LogP contribution in [0.5, 0.6) is 0 Å². The van der Waals surface area contributed by atoms with Crippen molar-refractivity contribution in [3.63, 3.8) is 0 Å². The van der Waals surface area contributed by atoms with Crippen LogP contribution in [0.15, 0.2) is 16.8 Å². The van der Waals surface area contributed by atoms with E-state index >= 15 is 0 Å². The summed E-state index contributed by atoms with van der Waals surface area (Å²) in [4.78, 5) is 27.7. The standard InChI is InChI=1S/C33H51NO4/c1-20(2)38-27(36)30(6)15-14-29(5)16-17-32(8)21(22(29)19-30)18-23(35)26-31(7)12-11-25(34-37)28(3,4)24(31)10-13-33(26,32)9/h18,20,22,24,26,37H,10-17,19H2,1-9H3/b34-25-/t22?,24?,26?,29-,30+,31+,32-,33-/m1/s1. The van der Waals surface area contributed by atoms with Crippen molar-refractivity contribution in [3.8, 4) is 0 Å². The van der Waals surface area contributed by atoms with Gasteiger partial charge in [-0.2, -0.15) is 0 Å². The lowest BCUT2D eigenvalue weighted by molar-refractivity contribution is -0.178. The van der Waals surface area contributed by atoms with Gasteiger partial charge >= 0.3 is 5.97 Å². The molecule has 0 aromatic rings. The second-order valence-electron chi connectivity index (χ2n) is 16.0.